The van der Waals surface area contributed by atoms with E-state index in [0.29, 0.717) is 24.0 Å². The van der Waals surface area contributed by atoms with Crippen LogP contribution in [0.5, 0.6) is 0 Å². The van der Waals surface area contributed by atoms with Gasteiger partial charge in [-0.25, -0.2) is 0 Å². The van der Waals surface area contributed by atoms with E-state index in [4.69, 9.17) is 4.74 Å². The number of rotatable bonds is 5. The van der Waals surface area contributed by atoms with E-state index in [2.05, 4.69) is 6.92 Å². The van der Waals surface area contributed by atoms with Gasteiger partial charge in [-0.3, -0.25) is 9.59 Å². The second-order valence-electron chi connectivity index (χ2n) is 6.35. The average molecular weight is 266 g/mol. The van der Waals surface area contributed by atoms with Crippen molar-refractivity contribution in [1.29, 1.82) is 0 Å². The Balaban J connectivity index is 1.76. The lowest BCUT2D eigenvalue weighted by Crippen LogP contribution is -2.16. The van der Waals surface area contributed by atoms with Crippen molar-refractivity contribution in [2.45, 2.75) is 58.3 Å². The van der Waals surface area contributed by atoms with Crippen molar-refractivity contribution < 1.29 is 14.3 Å². The fraction of sp³-hybridized carbons (Fsp3) is 0.875. The van der Waals surface area contributed by atoms with Gasteiger partial charge in [0.25, 0.3) is 0 Å². The third kappa shape index (κ3) is 3.58. The van der Waals surface area contributed by atoms with Crippen LogP contribution in [-0.4, -0.2) is 18.9 Å². The molecule has 3 nitrogen and oxygen atoms in total. The molecule has 0 aromatic rings. The number of Topliss-reactive ketones (excluding diaryl/α,β-unsaturated/α-hetero) is 1. The quantitative estimate of drug-likeness (QED) is 0.717. The number of carbonyl (C=O) groups excluding carboxylic acids is 2. The average Bonchev–Trinajstić information content (AvgIpc) is 3.06. The van der Waals surface area contributed by atoms with Gasteiger partial charge in [-0.2, -0.15) is 0 Å². The van der Waals surface area contributed by atoms with E-state index >= 15 is 0 Å². The van der Waals surface area contributed by atoms with E-state index in [1.54, 1.807) is 0 Å². The minimum absolute atomic E-state index is 0.0368. The van der Waals surface area contributed by atoms with Crippen LogP contribution < -0.4 is 0 Å². The molecule has 0 heterocycles. The molecule has 19 heavy (non-hydrogen) atoms. The number of esters is 1. The van der Waals surface area contributed by atoms with Crippen LogP contribution in [0.25, 0.3) is 0 Å². The highest BCUT2D eigenvalue weighted by Crippen LogP contribution is 2.38. The highest BCUT2D eigenvalue weighted by molar-refractivity contribution is 5.81. The number of methoxy groups -OCH3 is 1. The maximum atomic E-state index is 12.3. The molecule has 0 spiro atoms. The van der Waals surface area contributed by atoms with E-state index in [1.165, 1.54) is 20.0 Å². The predicted molar refractivity (Wildman–Crippen MR) is 73.6 cm³/mol. The van der Waals surface area contributed by atoms with Gasteiger partial charge >= 0.3 is 5.97 Å². The SMILES string of the molecule is CCC1CCC(C(=O)CC2CCC(C(=O)OC)C2)C1. The van der Waals surface area contributed by atoms with Crippen LogP contribution in [0.15, 0.2) is 0 Å². The monoisotopic (exact) mass is 266 g/mol. The first-order valence-corrected chi connectivity index (χ1v) is 7.74. The first-order chi connectivity index (χ1) is 9.13. The molecule has 2 saturated carbocycles. The van der Waals surface area contributed by atoms with E-state index < -0.39 is 0 Å². The van der Waals surface area contributed by atoms with Crippen molar-refractivity contribution in [2.75, 3.05) is 7.11 Å². The third-order valence-corrected chi connectivity index (χ3v) is 5.14. The summed E-state index contributed by atoms with van der Waals surface area (Å²) >= 11 is 0. The molecule has 0 bridgehead atoms. The molecule has 0 N–H and O–H groups in total. The van der Waals surface area contributed by atoms with Crippen LogP contribution in [0.4, 0.5) is 0 Å². The van der Waals surface area contributed by atoms with Crippen molar-refractivity contribution in [3.05, 3.63) is 0 Å². The second-order valence-corrected chi connectivity index (χ2v) is 6.35. The smallest absolute Gasteiger partial charge is 0.308 e. The van der Waals surface area contributed by atoms with Crippen LogP contribution in [0, 0.1) is 23.7 Å². The van der Waals surface area contributed by atoms with Crippen LogP contribution in [-0.2, 0) is 14.3 Å². The Morgan fingerprint density at radius 2 is 1.63 bits per heavy atom. The molecule has 0 amide bonds. The van der Waals surface area contributed by atoms with Crippen molar-refractivity contribution >= 4 is 11.8 Å². The van der Waals surface area contributed by atoms with Gasteiger partial charge in [0.1, 0.15) is 5.78 Å². The molecule has 3 heteroatoms. The summed E-state index contributed by atoms with van der Waals surface area (Å²) in [5.41, 5.74) is 0. The van der Waals surface area contributed by atoms with Crippen LogP contribution >= 0.6 is 0 Å². The first kappa shape index (κ1) is 14.5. The van der Waals surface area contributed by atoms with Crippen molar-refractivity contribution in [3.63, 3.8) is 0 Å². The molecule has 0 radical (unpaired) electrons. The lowest BCUT2D eigenvalue weighted by atomic mass is 9.91. The Labute approximate surface area is 116 Å². The largest absolute Gasteiger partial charge is 0.469 e. The number of hydrogen-bond donors (Lipinski definition) is 0. The van der Waals surface area contributed by atoms with Gasteiger partial charge in [-0.15, -0.1) is 0 Å². The molecule has 0 aromatic carbocycles. The summed E-state index contributed by atoms with van der Waals surface area (Å²) in [5, 5.41) is 0. The molecule has 0 aliphatic heterocycles. The molecule has 2 aliphatic carbocycles. The van der Waals surface area contributed by atoms with Crippen LogP contribution in [0.3, 0.4) is 0 Å². The van der Waals surface area contributed by atoms with Gasteiger partial charge in [0, 0.05) is 12.3 Å². The van der Waals surface area contributed by atoms with Crippen LogP contribution in [0.2, 0.25) is 0 Å². The first-order valence-electron chi connectivity index (χ1n) is 7.74. The van der Waals surface area contributed by atoms with E-state index in [9.17, 15) is 9.59 Å². The van der Waals surface area contributed by atoms with Crippen LogP contribution in [0.1, 0.15) is 58.3 Å². The molecule has 2 rings (SSSR count). The normalized spacial score (nSPS) is 34.4. The molecular formula is C16H26O3. The van der Waals surface area contributed by atoms with Gasteiger partial charge in [-0.05, 0) is 50.4 Å². The molecule has 108 valence electrons. The highest BCUT2D eigenvalue weighted by atomic mass is 16.5. The third-order valence-electron chi connectivity index (χ3n) is 5.14. The Kier molecular flexibility index (Phi) is 5.00. The maximum Gasteiger partial charge on any atom is 0.308 e. The summed E-state index contributed by atoms with van der Waals surface area (Å²) in [4.78, 5) is 23.8. The summed E-state index contributed by atoms with van der Waals surface area (Å²) in [6.07, 6.45) is 8.06. The van der Waals surface area contributed by atoms with Gasteiger partial charge in [0.15, 0.2) is 0 Å². The second kappa shape index (κ2) is 6.53. The lowest BCUT2D eigenvalue weighted by Gasteiger charge is -2.13. The molecule has 0 aromatic heterocycles. The zero-order chi connectivity index (χ0) is 13.8. The van der Waals surface area contributed by atoms with Crippen molar-refractivity contribution in [3.8, 4) is 0 Å². The predicted octanol–water partition coefficient (Wildman–Crippen LogP) is 3.36. The summed E-state index contributed by atoms with van der Waals surface area (Å²) in [5.74, 6) is 1.88. The standard InChI is InChI=1S/C16H26O3/c1-3-11-4-6-13(8-11)15(17)10-12-5-7-14(9-12)16(18)19-2/h11-14H,3-10H2,1-2H3. The molecule has 0 saturated heterocycles. The Morgan fingerprint density at radius 3 is 2.26 bits per heavy atom. The van der Waals surface area contributed by atoms with E-state index in [0.717, 1.165) is 38.0 Å². The number of hydrogen-bond acceptors (Lipinski definition) is 3. The highest BCUT2D eigenvalue weighted by Gasteiger charge is 2.34. The number of ketones is 1. The molecular weight excluding hydrogens is 240 g/mol. The topological polar surface area (TPSA) is 43.4 Å². The number of carbonyl (C=O) groups is 2. The summed E-state index contributed by atoms with van der Waals surface area (Å²) in [6.45, 7) is 2.22. The van der Waals surface area contributed by atoms with Crippen molar-refractivity contribution in [1.82, 2.24) is 0 Å². The van der Waals surface area contributed by atoms with E-state index in [-0.39, 0.29) is 11.9 Å². The molecule has 4 unspecified atom stereocenters. The Bertz CT molecular complexity index is 337. The molecule has 4 atom stereocenters. The van der Waals surface area contributed by atoms with Gasteiger partial charge in [0.2, 0.25) is 0 Å². The van der Waals surface area contributed by atoms with Crippen molar-refractivity contribution in [2.24, 2.45) is 23.7 Å². The summed E-state index contributed by atoms with van der Waals surface area (Å²) < 4.78 is 4.79. The lowest BCUT2D eigenvalue weighted by molar-refractivity contribution is -0.145. The minimum atomic E-state index is -0.0955. The van der Waals surface area contributed by atoms with Gasteiger partial charge in [-0.1, -0.05) is 13.3 Å². The molecule has 2 aliphatic rings. The number of ether oxygens (including phenoxy) is 1. The minimum Gasteiger partial charge on any atom is -0.469 e. The maximum absolute atomic E-state index is 12.3. The fourth-order valence-electron chi connectivity index (χ4n) is 3.83. The van der Waals surface area contributed by atoms with E-state index in [1.807, 2.05) is 0 Å². The van der Waals surface area contributed by atoms with Gasteiger partial charge in [0.05, 0.1) is 13.0 Å². The van der Waals surface area contributed by atoms with Gasteiger partial charge < -0.3 is 4.74 Å². The Hall–Kier alpha value is -0.860. The Morgan fingerprint density at radius 1 is 1.00 bits per heavy atom. The fourth-order valence-corrected chi connectivity index (χ4v) is 3.83. The zero-order valence-electron chi connectivity index (χ0n) is 12.2. The summed E-state index contributed by atoms with van der Waals surface area (Å²) in [6, 6.07) is 0. The summed E-state index contributed by atoms with van der Waals surface area (Å²) in [7, 11) is 1.45. The zero-order valence-corrected chi connectivity index (χ0v) is 12.2. The molecule has 2 fully saturated rings.